The smallest absolute Gasteiger partial charge is 0.274 e. The highest BCUT2D eigenvalue weighted by Crippen LogP contribution is 2.19. The van der Waals surface area contributed by atoms with E-state index in [-0.39, 0.29) is 24.8 Å². The Morgan fingerprint density at radius 1 is 1.38 bits per heavy atom. The molecular formula is C19H20N6O4. The lowest BCUT2D eigenvalue weighted by molar-refractivity contribution is -0.125. The Balaban J connectivity index is 1.43. The third-order valence-electron chi connectivity index (χ3n) is 4.79. The van der Waals surface area contributed by atoms with E-state index >= 15 is 0 Å². The van der Waals surface area contributed by atoms with Crippen LogP contribution < -0.4 is 15.4 Å². The molecule has 3 aromatic rings. The van der Waals surface area contributed by atoms with Crippen LogP contribution in [0, 0.1) is 6.92 Å². The van der Waals surface area contributed by atoms with Crippen LogP contribution in [0.15, 0.2) is 34.9 Å². The number of nitrogens with zero attached hydrogens (tertiary/aromatic N) is 4. The summed E-state index contributed by atoms with van der Waals surface area (Å²) in [5.41, 5.74) is 2.10. The summed E-state index contributed by atoms with van der Waals surface area (Å²) in [4.78, 5) is 24.4. The molecule has 0 fully saturated rings. The van der Waals surface area contributed by atoms with Crippen molar-refractivity contribution in [3.8, 4) is 5.75 Å². The number of carbonyl (C=O) groups excluding carboxylic acids is 2. The molecule has 1 aliphatic heterocycles. The van der Waals surface area contributed by atoms with E-state index in [1.54, 1.807) is 18.5 Å². The lowest BCUT2D eigenvalue weighted by atomic mass is 10.2. The molecule has 10 heteroatoms. The number of ether oxygens (including phenoxy) is 1. The number of benzene rings is 1. The Morgan fingerprint density at radius 3 is 2.97 bits per heavy atom. The van der Waals surface area contributed by atoms with Gasteiger partial charge in [0.05, 0.1) is 24.3 Å². The Kier molecular flexibility index (Phi) is 4.98. The minimum absolute atomic E-state index is 0.112. The number of rotatable bonds is 6. The number of fused-ring (bicyclic) bond motifs is 1. The molecule has 1 unspecified atom stereocenters. The molecule has 1 atom stereocenters. The van der Waals surface area contributed by atoms with Gasteiger partial charge in [0.1, 0.15) is 29.9 Å². The fourth-order valence-electron chi connectivity index (χ4n) is 3.07. The first-order chi connectivity index (χ1) is 14.0. The molecule has 0 saturated heterocycles. The number of aromatic nitrogens is 4. The SMILES string of the molecule is Cc1onc(C(=O)NCc2nnn3c2CNC(=O)C3C)c1COc1ccccc1. The highest BCUT2D eigenvalue weighted by molar-refractivity contribution is 5.93. The number of hydrogen-bond acceptors (Lipinski definition) is 7. The molecule has 2 N–H and O–H groups in total. The van der Waals surface area contributed by atoms with Crippen LogP contribution in [0.4, 0.5) is 0 Å². The van der Waals surface area contributed by atoms with Crippen LogP contribution in [0.1, 0.15) is 46.2 Å². The molecular weight excluding hydrogens is 376 g/mol. The van der Waals surface area contributed by atoms with E-state index in [4.69, 9.17) is 9.26 Å². The van der Waals surface area contributed by atoms with Crippen molar-refractivity contribution in [2.45, 2.75) is 39.6 Å². The van der Waals surface area contributed by atoms with E-state index in [0.717, 1.165) is 5.69 Å². The van der Waals surface area contributed by atoms with E-state index in [2.05, 4.69) is 26.1 Å². The molecule has 0 aliphatic carbocycles. The summed E-state index contributed by atoms with van der Waals surface area (Å²) in [7, 11) is 0. The van der Waals surface area contributed by atoms with Crippen molar-refractivity contribution < 1.29 is 18.8 Å². The average molecular weight is 396 g/mol. The van der Waals surface area contributed by atoms with Crippen LogP contribution in [0.5, 0.6) is 5.75 Å². The van der Waals surface area contributed by atoms with E-state index < -0.39 is 11.9 Å². The largest absolute Gasteiger partial charge is 0.489 e. The standard InChI is InChI=1S/C19H20N6O4/c1-11-18(26)21-9-16-15(22-24-25(11)16)8-20-19(27)17-14(12(2)29-23-17)10-28-13-6-4-3-5-7-13/h3-7,11H,8-10H2,1-2H3,(H,20,27)(H,21,26). The van der Waals surface area contributed by atoms with Gasteiger partial charge in [-0.25, -0.2) is 4.68 Å². The van der Waals surface area contributed by atoms with Crippen molar-refractivity contribution in [3.05, 3.63) is 58.7 Å². The fourth-order valence-corrected chi connectivity index (χ4v) is 3.07. The monoisotopic (exact) mass is 396 g/mol. The Bertz CT molecular complexity index is 1040. The number of nitrogens with one attached hydrogen (secondary N) is 2. The predicted molar refractivity (Wildman–Crippen MR) is 99.8 cm³/mol. The molecule has 1 aliphatic rings. The maximum Gasteiger partial charge on any atom is 0.274 e. The Morgan fingerprint density at radius 2 is 2.17 bits per heavy atom. The molecule has 0 saturated carbocycles. The van der Waals surface area contributed by atoms with Crippen molar-refractivity contribution in [3.63, 3.8) is 0 Å². The van der Waals surface area contributed by atoms with Crippen LogP contribution in [0.25, 0.3) is 0 Å². The van der Waals surface area contributed by atoms with Gasteiger partial charge in [-0.15, -0.1) is 5.10 Å². The van der Waals surface area contributed by atoms with Gasteiger partial charge in [0.15, 0.2) is 5.69 Å². The van der Waals surface area contributed by atoms with E-state index in [9.17, 15) is 9.59 Å². The summed E-state index contributed by atoms with van der Waals surface area (Å²) in [6.45, 7) is 4.11. The van der Waals surface area contributed by atoms with Gasteiger partial charge in [0.25, 0.3) is 5.91 Å². The lowest BCUT2D eigenvalue weighted by Crippen LogP contribution is -2.38. The number of para-hydroxylation sites is 1. The van der Waals surface area contributed by atoms with Crippen molar-refractivity contribution >= 4 is 11.8 Å². The molecule has 150 valence electrons. The van der Waals surface area contributed by atoms with Gasteiger partial charge in [-0.3, -0.25) is 9.59 Å². The summed E-state index contributed by atoms with van der Waals surface area (Å²) in [5.74, 6) is 0.692. The quantitative estimate of drug-likeness (QED) is 0.643. The van der Waals surface area contributed by atoms with Crippen LogP contribution >= 0.6 is 0 Å². The molecule has 1 aromatic carbocycles. The number of carbonyl (C=O) groups is 2. The molecule has 4 rings (SSSR count). The third-order valence-corrected chi connectivity index (χ3v) is 4.79. The molecule has 2 aromatic heterocycles. The second-order valence-electron chi connectivity index (χ2n) is 6.67. The molecule has 0 radical (unpaired) electrons. The molecule has 0 bridgehead atoms. The van der Waals surface area contributed by atoms with Crippen molar-refractivity contribution in [1.29, 1.82) is 0 Å². The Labute approximate surface area is 166 Å². The average Bonchev–Trinajstić information content (AvgIpc) is 3.32. The van der Waals surface area contributed by atoms with Gasteiger partial charge < -0.3 is 19.9 Å². The molecule has 29 heavy (non-hydrogen) atoms. The zero-order valence-electron chi connectivity index (χ0n) is 16.0. The number of amides is 2. The second-order valence-corrected chi connectivity index (χ2v) is 6.67. The van der Waals surface area contributed by atoms with Crippen LogP contribution in [-0.4, -0.2) is 32.0 Å². The summed E-state index contributed by atoms with van der Waals surface area (Å²) < 4.78 is 12.5. The zero-order chi connectivity index (χ0) is 20.4. The van der Waals surface area contributed by atoms with E-state index in [0.29, 0.717) is 29.3 Å². The zero-order valence-corrected chi connectivity index (χ0v) is 16.0. The van der Waals surface area contributed by atoms with Crippen molar-refractivity contribution in [1.82, 2.24) is 30.8 Å². The van der Waals surface area contributed by atoms with Crippen LogP contribution in [0.3, 0.4) is 0 Å². The first-order valence-corrected chi connectivity index (χ1v) is 9.16. The first-order valence-electron chi connectivity index (χ1n) is 9.16. The fraction of sp³-hybridized carbons (Fsp3) is 0.316. The van der Waals surface area contributed by atoms with Gasteiger partial charge in [0, 0.05) is 0 Å². The molecule has 0 spiro atoms. The van der Waals surface area contributed by atoms with Gasteiger partial charge in [-0.1, -0.05) is 28.6 Å². The van der Waals surface area contributed by atoms with Crippen molar-refractivity contribution in [2.24, 2.45) is 0 Å². The second kappa shape index (κ2) is 7.74. The van der Waals surface area contributed by atoms with Crippen LogP contribution in [-0.2, 0) is 24.5 Å². The topological polar surface area (TPSA) is 124 Å². The Hall–Kier alpha value is -3.69. The van der Waals surface area contributed by atoms with E-state index in [1.807, 2.05) is 30.3 Å². The summed E-state index contributed by atoms with van der Waals surface area (Å²) in [6.07, 6.45) is 0. The highest BCUT2D eigenvalue weighted by Gasteiger charge is 2.28. The summed E-state index contributed by atoms with van der Waals surface area (Å²) in [6, 6.07) is 8.86. The first kappa shape index (κ1) is 18.7. The minimum atomic E-state index is -0.435. The molecule has 3 heterocycles. The number of hydrogen-bond donors (Lipinski definition) is 2. The normalized spacial score (nSPS) is 15.5. The van der Waals surface area contributed by atoms with Gasteiger partial charge in [-0.05, 0) is 26.0 Å². The molecule has 2 amide bonds. The van der Waals surface area contributed by atoms with Crippen molar-refractivity contribution in [2.75, 3.05) is 0 Å². The van der Waals surface area contributed by atoms with Crippen LogP contribution in [0.2, 0.25) is 0 Å². The number of aryl methyl sites for hydroxylation is 1. The summed E-state index contributed by atoms with van der Waals surface area (Å²) in [5, 5.41) is 17.6. The maximum atomic E-state index is 12.7. The predicted octanol–water partition coefficient (Wildman–Crippen LogP) is 1.27. The van der Waals surface area contributed by atoms with E-state index in [1.165, 1.54) is 0 Å². The maximum absolute atomic E-state index is 12.7. The third kappa shape index (κ3) is 3.68. The lowest BCUT2D eigenvalue weighted by Gasteiger charge is -2.20. The summed E-state index contributed by atoms with van der Waals surface area (Å²) >= 11 is 0. The van der Waals surface area contributed by atoms with Gasteiger partial charge in [0.2, 0.25) is 5.91 Å². The van der Waals surface area contributed by atoms with Gasteiger partial charge >= 0.3 is 0 Å². The minimum Gasteiger partial charge on any atom is -0.489 e. The highest BCUT2D eigenvalue weighted by atomic mass is 16.5. The molecule has 10 nitrogen and oxygen atoms in total. The van der Waals surface area contributed by atoms with Gasteiger partial charge in [-0.2, -0.15) is 0 Å².